The number of nitrogens with one attached hydrogen (secondary N) is 2. The predicted molar refractivity (Wildman–Crippen MR) is 95.4 cm³/mol. The molecule has 1 aromatic rings. The highest BCUT2D eigenvalue weighted by Crippen LogP contribution is 2.19. The van der Waals surface area contributed by atoms with Gasteiger partial charge in [-0.3, -0.25) is 0 Å². The maximum atomic E-state index is 12.1. The number of hydrogen-bond acceptors (Lipinski definition) is 6. The van der Waals surface area contributed by atoms with Crippen molar-refractivity contribution in [3.8, 4) is 6.07 Å². The van der Waals surface area contributed by atoms with Crippen LogP contribution in [0.5, 0.6) is 0 Å². The summed E-state index contributed by atoms with van der Waals surface area (Å²) in [5.74, 6) is -0.201. The quantitative estimate of drug-likeness (QED) is 0.335. The number of ether oxygens (including phenoxy) is 1. The maximum absolute atomic E-state index is 12.1. The fraction of sp³-hybridized carbons (Fsp3) is 0.500. The number of nitrogens with zero attached hydrogens (tertiary/aromatic N) is 2. The second kappa shape index (κ2) is 9.90. The van der Waals surface area contributed by atoms with Crippen LogP contribution in [0.3, 0.4) is 0 Å². The molecule has 0 unspecified atom stereocenters. The average molecular weight is 363 g/mol. The van der Waals surface area contributed by atoms with Crippen molar-refractivity contribution in [3.63, 3.8) is 0 Å². The molecule has 0 aromatic carbocycles. The average Bonchev–Trinajstić information content (AvgIpc) is 2.62. The lowest BCUT2D eigenvalue weighted by Crippen LogP contribution is -2.38. The van der Waals surface area contributed by atoms with Gasteiger partial charge in [0.1, 0.15) is 17.0 Å². The molecule has 1 aliphatic carbocycles. The van der Waals surface area contributed by atoms with Gasteiger partial charge in [0.05, 0.1) is 6.61 Å². The lowest BCUT2D eigenvalue weighted by Gasteiger charge is -2.26. The summed E-state index contributed by atoms with van der Waals surface area (Å²) in [7, 11) is 0. The first-order valence-electron chi connectivity index (χ1n) is 8.56. The van der Waals surface area contributed by atoms with E-state index in [1.165, 1.54) is 6.42 Å². The Morgan fingerprint density at radius 1 is 1.40 bits per heavy atom. The lowest BCUT2D eigenvalue weighted by molar-refractivity contribution is -0.138. The van der Waals surface area contributed by atoms with E-state index in [0.717, 1.165) is 31.2 Å². The Labute approximate surface area is 153 Å². The van der Waals surface area contributed by atoms with Crippen LogP contribution in [0.15, 0.2) is 29.7 Å². The van der Waals surface area contributed by atoms with Gasteiger partial charge in [0.2, 0.25) is 0 Å². The minimum absolute atomic E-state index is 0.0330. The fourth-order valence-corrected chi connectivity index (χ4v) is 2.88. The zero-order valence-electron chi connectivity index (χ0n) is 14.3. The number of carbonyl (C=O) groups is 1. The highest BCUT2D eigenvalue weighted by Gasteiger charge is 2.21. The van der Waals surface area contributed by atoms with Gasteiger partial charge in [-0.25, -0.2) is 9.78 Å². The van der Waals surface area contributed by atoms with Crippen molar-refractivity contribution in [2.24, 2.45) is 0 Å². The van der Waals surface area contributed by atoms with Gasteiger partial charge in [-0.2, -0.15) is 5.26 Å². The molecule has 0 radical (unpaired) electrons. The Morgan fingerprint density at radius 2 is 2.16 bits per heavy atom. The third-order valence-electron chi connectivity index (χ3n) is 4.05. The smallest absolute Gasteiger partial charge is 0.352 e. The number of rotatable bonds is 7. The third kappa shape index (κ3) is 5.95. The first-order valence-corrected chi connectivity index (χ1v) is 8.94. The van der Waals surface area contributed by atoms with Crippen LogP contribution in [0.1, 0.15) is 44.6 Å². The van der Waals surface area contributed by atoms with Gasteiger partial charge in [-0.15, -0.1) is 0 Å². The number of carbonyl (C=O) groups excluding carboxylic acids is 1. The summed E-state index contributed by atoms with van der Waals surface area (Å²) < 4.78 is 5.00. The van der Waals surface area contributed by atoms with E-state index in [9.17, 15) is 10.1 Å². The van der Waals surface area contributed by atoms with E-state index in [0.29, 0.717) is 17.5 Å². The van der Waals surface area contributed by atoms with Crippen LogP contribution in [-0.2, 0) is 16.1 Å². The molecule has 1 aliphatic rings. The Morgan fingerprint density at radius 3 is 2.76 bits per heavy atom. The minimum atomic E-state index is -0.620. The zero-order chi connectivity index (χ0) is 18.1. The van der Waals surface area contributed by atoms with Gasteiger partial charge in [0.15, 0.2) is 5.57 Å². The first-order chi connectivity index (χ1) is 12.1. The van der Waals surface area contributed by atoms with Crippen molar-refractivity contribution >= 4 is 17.6 Å². The van der Waals surface area contributed by atoms with Crippen molar-refractivity contribution in [3.05, 3.63) is 40.4 Å². The van der Waals surface area contributed by atoms with Crippen LogP contribution in [0.25, 0.3) is 0 Å². The standard InChI is InChI=1S/C18H23ClN4O2/c1-2-25-18(24)15(10-20)17(23-14-6-4-3-5-7-14)22-12-13-8-9-16(19)21-11-13/h8-9,11,14,22-23H,2-7,12H2,1H3. The molecule has 0 bridgehead atoms. The summed E-state index contributed by atoms with van der Waals surface area (Å²) in [5, 5.41) is 16.3. The van der Waals surface area contributed by atoms with E-state index in [4.69, 9.17) is 16.3 Å². The molecule has 2 N–H and O–H groups in total. The van der Waals surface area contributed by atoms with Crippen molar-refractivity contribution in [2.75, 3.05) is 6.61 Å². The highest BCUT2D eigenvalue weighted by molar-refractivity contribution is 6.29. The topological polar surface area (TPSA) is 87.0 Å². The number of aromatic nitrogens is 1. The molecule has 0 spiro atoms. The molecule has 25 heavy (non-hydrogen) atoms. The van der Waals surface area contributed by atoms with E-state index in [1.54, 1.807) is 19.2 Å². The number of halogens is 1. The molecule has 0 atom stereocenters. The Balaban J connectivity index is 2.15. The van der Waals surface area contributed by atoms with Gasteiger partial charge in [0, 0.05) is 18.8 Å². The molecule has 7 heteroatoms. The summed E-state index contributed by atoms with van der Waals surface area (Å²) in [6, 6.07) is 5.76. The molecule has 1 saturated carbocycles. The number of nitriles is 1. The van der Waals surface area contributed by atoms with E-state index in [2.05, 4.69) is 15.6 Å². The predicted octanol–water partition coefficient (Wildman–Crippen LogP) is 3.05. The van der Waals surface area contributed by atoms with Crippen LogP contribution in [0, 0.1) is 11.3 Å². The van der Waals surface area contributed by atoms with Gasteiger partial charge in [-0.1, -0.05) is 36.9 Å². The summed E-state index contributed by atoms with van der Waals surface area (Å²) in [6.45, 7) is 2.36. The first kappa shape index (κ1) is 19.1. The van der Waals surface area contributed by atoms with Gasteiger partial charge >= 0.3 is 5.97 Å². The van der Waals surface area contributed by atoms with Gasteiger partial charge in [-0.05, 0) is 31.4 Å². The van der Waals surface area contributed by atoms with E-state index < -0.39 is 5.97 Å². The lowest BCUT2D eigenvalue weighted by atomic mass is 9.95. The van der Waals surface area contributed by atoms with Crippen LogP contribution < -0.4 is 10.6 Å². The summed E-state index contributed by atoms with van der Waals surface area (Å²) in [5.41, 5.74) is 0.864. The van der Waals surface area contributed by atoms with Crippen molar-refractivity contribution < 1.29 is 9.53 Å². The number of pyridine rings is 1. The monoisotopic (exact) mass is 362 g/mol. The second-order valence-electron chi connectivity index (χ2n) is 5.90. The number of esters is 1. The minimum Gasteiger partial charge on any atom is -0.462 e. The molecule has 1 aromatic heterocycles. The summed E-state index contributed by atoms with van der Waals surface area (Å²) in [4.78, 5) is 16.1. The van der Waals surface area contributed by atoms with Crippen molar-refractivity contribution in [1.29, 1.82) is 5.26 Å². The normalized spacial score (nSPS) is 15.7. The van der Waals surface area contributed by atoms with Crippen molar-refractivity contribution in [2.45, 2.75) is 51.6 Å². The molecule has 6 nitrogen and oxygen atoms in total. The molecule has 1 heterocycles. The van der Waals surface area contributed by atoms with Crippen LogP contribution in [-0.4, -0.2) is 23.6 Å². The molecular weight excluding hydrogens is 340 g/mol. The van der Waals surface area contributed by atoms with E-state index in [1.807, 2.05) is 12.1 Å². The van der Waals surface area contributed by atoms with Crippen molar-refractivity contribution in [1.82, 2.24) is 15.6 Å². The van der Waals surface area contributed by atoms with E-state index in [-0.39, 0.29) is 18.2 Å². The summed E-state index contributed by atoms with van der Waals surface area (Å²) >= 11 is 5.79. The zero-order valence-corrected chi connectivity index (χ0v) is 15.1. The molecule has 2 rings (SSSR count). The Bertz CT molecular complexity index is 646. The molecule has 0 aliphatic heterocycles. The maximum Gasteiger partial charge on any atom is 0.352 e. The van der Waals surface area contributed by atoms with Gasteiger partial charge < -0.3 is 15.4 Å². The molecule has 134 valence electrons. The molecular formula is C18H23ClN4O2. The Hall–Kier alpha value is -2.26. The van der Waals surface area contributed by atoms with Crippen LogP contribution in [0.2, 0.25) is 5.15 Å². The third-order valence-corrected chi connectivity index (χ3v) is 4.28. The van der Waals surface area contributed by atoms with Gasteiger partial charge in [0.25, 0.3) is 0 Å². The second-order valence-corrected chi connectivity index (χ2v) is 6.29. The number of hydrogen-bond donors (Lipinski definition) is 2. The largest absolute Gasteiger partial charge is 0.462 e. The SMILES string of the molecule is CCOC(=O)C(C#N)=C(NCc1ccc(Cl)nc1)NC1CCCCC1. The molecule has 1 fully saturated rings. The van der Waals surface area contributed by atoms with Crippen LogP contribution >= 0.6 is 11.6 Å². The fourth-order valence-electron chi connectivity index (χ4n) is 2.77. The van der Waals surface area contributed by atoms with Crippen LogP contribution in [0.4, 0.5) is 0 Å². The Kier molecular flexibility index (Phi) is 7.55. The molecule has 0 amide bonds. The van der Waals surface area contributed by atoms with E-state index >= 15 is 0 Å². The highest BCUT2D eigenvalue weighted by atomic mass is 35.5. The molecule has 0 saturated heterocycles. The summed E-state index contributed by atoms with van der Waals surface area (Å²) in [6.07, 6.45) is 7.22.